The fourth-order valence-electron chi connectivity index (χ4n) is 7.15. The van der Waals surface area contributed by atoms with E-state index in [4.69, 9.17) is 19.9 Å². The van der Waals surface area contributed by atoms with Crippen LogP contribution in [0.5, 0.6) is 0 Å². The molecule has 59 heavy (non-hydrogen) atoms. The zero-order valence-electron chi connectivity index (χ0n) is 30.0. The molecule has 0 radical (unpaired) electrons. The second-order valence-electron chi connectivity index (χ2n) is 13.0. The Morgan fingerprint density at radius 1 is 0.407 bits per heavy atom. The topological polar surface area (TPSA) is 97.1 Å². The molecule has 7 nitrogen and oxygen atoms in total. The maximum Gasteiger partial charge on any atom is 2.00 e. The molecule has 0 unspecified atom stereocenters. The van der Waals surface area contributed by atoms with Crippen LogP contribution in [0.2, 0.25) is 0 Å². The van der Waals surface area contributed by atoms with Gasteiger partial charge < -0.3 is 9.97 Å². The second kappa shape index (κ2) is 17.3. The minimum absolute atomic E-state index is 0. The SMILES string of the molecule is O=[N+]([O-])C1=C(Br)c2nc1c(-c1ccccc1)c1[n-]c(c(Br)c1Br)c(-c1ccccc1)c1nc(c(-c3ccccc3)c3[n-]c(c(Br)c3Br)c2-c2ccccc2)C(Br)=C1Br.[Zn+2]. The van der Waals surface area contributed by atoms with Crippen molar-refractivity contribution in [2.45, 2.75) is 0 Å². The third-order valence-corrected chi connectivity index (χ3v) is 16.7. The summed E-state index contributed by atoms with van der Waals surface area (Å²) < 4.78 is 4.16. The summed E-state index contributed by atoms with van der Waals surface area (Å²) in [5.41, 5.74) is 9.27. The molecule has 0 fully saturated rings. The van der Waals surface area contributed by atoms with E-state index in [-0.39, 0.29) is 35.4 Å². The molecule has 2 aliphatic heterocycles. The Morgan fingerprint density at radius 3 is 0.949 bits per heavy atom. The van der Waals surface area contributed by atoms with Crippen molar-refractivity contribution in [2.75, 3.05) is 0 Å². The van der Waals surface area contributed by atoms with E-state index < -0.39 is 4.92 Å². The number of hydrogen-bond donors (Lipinski definition) is 0. The molecule has 0 aliphatic carbocycles. The van der Waals surface area contributed by atoms with Gasteiger partial charge in [0.15, 0.2) is 0 Å². The van der Waals surface area contributed by atoms with Crippen molar-refractivity contribution >= 4 is 153 Å². The molecule has 4 aromatic carbocycles. The zero-order valence-corrected chi connectivity index (χ0v) is 44.0. The van der Waals surface area contributed by atoms with E-state index in [2.05, 4.69) is 112 Å². The Morgan fingerprint density at radius 2 is 0.661 bits per heavy atom. The van der Waals surface area contributed by atoms with Gasteiger partial charge >= 0.3 is 25.2 Å². The first-order chi connectivity index (χ1) is 28.1. The molecule has 8 bridgehead atoms. The van der Waals surface area contributed by atoms with Crippen molar-refractivity contribution in [3.8, 4) is 44.5 Å². The van der Waals surface area contributed by atoms with Crippen LogP contribution in [0, 0.1) is 10.1 Å². The first kappa shape index (κ1) is 42.5. The maximum atomic E-state index is 13.3. The van der Waals surface area contributed by atoms with E-state index >= 15 is 0 Å². The van der Waals surface area contributed by atoms with E-state index in [0.717, 1.165) is 26.7 Å². The normalized spacial score (nSPS) is 12.5. The number of hydrogen-bond acceptors (Lipinski definition) is 4. The summed E-state index contributed by atoms with van der Waals surface area (Å²) in [6.07, 6.45) is 0. The molecule has 0 saturated carbocycles. The third-order valence-electron chi connectivity index (χ3n) is 9.69. The predicted octanol–water partition coefficient (Wildman–Crippen LogP) is 15.4. The summed E-state index contributed by atoms with van der Waals surface area (Å²) in [6, 6.07) is 38.9. The molecule has 0 spiro atoms. The number of aromatic nitrogens is 4. The fraction of sp³-hybridized carbons (Fsp3) is 0. The van der Waals surface area contributed by atoms with Crippen molar-refractivity contribution in [1.29, 1.82) is 0 Å². The molecule has 9 rings (SSSR count). The van der Waals surface area contributed by atoms with Crippen molar-refractivity contribution in [3.05, 3.63) is 172 Å². The van der Waals surface area contributed by atoms with E-state index in [1.165, 1.54) is 0 Å². The van der Waals surface area contributed by atoms with Gasteiger partial charge in [0.25, 0.3) is 0 Å². The average molecular weight is 1280 g/mol. The zero-order chi connectivity index (χ0) is 40.4. The van der Waals surface area contributed by atoms with Crippen LogP contribution in [0.4, 0.5) is 0 Å². The van der Waals surface area contributed by atoms with Gasteiger partial charge in [0, 0.05) is 23.5 Å². The molecule has 5 heterocycles. The van der Waals surface area contributed by atoms with Gasteiger partial charge in [-0.15, -0.1) is 22.1 Å². The van der Waals surface area contributed by atoms with Gasteiger partial charge in [-0.3, -0.25) is 10.1 Å². The molecule has 0 amide bonds. The predicted molar refractivity (Wildman–Crippen MR) is 259 cm³/mol. The quantitative estimate of drug-likeness (QED) is 0.0968. The van der Waals surface area contributed by atoms with Crippen LogP contribution < -0.4 is 9.97 Å². The van der Waals surface area contributed by atoms with Gasteiger partial charge in [0.05, 0.1) is 31.0 Å². The average Bonchev–Trinajstić information content (AvgIpc) is 3.92. The number of benzene rings is 4. The Hall–Kier alpha value is -3.14. The molecular weight excluding hydrogens is 1260 g/mol. The van der Waals surface area contributed by atoms with E-state index in [9.17, 15) is 10.1 Å². The van der Waals surface area contributed by atoms with Gasteiger partial charge in [-0.05, 0) is 86.7 Å². The molecular formula is C44H20Br7N5O2Zn. The Kier molecular flexibility index (Phi) is 12.5. The summed E-state index contributed by atoms with van der Waals surface area (Å²) in [5.74, 6) is 0. The molecule has 3 aromatic heterocycles. The number of rotatable bonds is 5. The summed E-state index contributed by atoms with van der Waals surface area (Å²) in [5, 5.41) is 13.3. The van der Waals surface area contributed by atoms with E-state index in [1.54, 1.807) is 0 Å². The van der Waals surface area contributed by atoms with Gasteiger partial charge in [-0.25, -0.2) is 9.97 Å². The Labute approximate surface area is 409 Å². The number of fused-ring (bicyclic) bond motifs is 8. The monoisotopic (exact) mass is 1270 g/mol. The number of halogens is 7. The van der Waals surface area contributed by atoms with Gasteiger partial charge in [0.2, 0.25) is 0 Å². The maximum absolute atomic E-state index is 13.3. The van der Waals surface area contributed by atoms with Crippen LogP contribution in [0.15, 0.2) is 139 Å². The second-order valence-corrected chi connectivity index (χ2v) is 18.6. The number of nitrogens with zero attached hydrogens (tertiary/aromatic N) is 5. The molecule has 7 aromatic rings. The van der Waals surface area contributed by atoms with Crippen molar-refractivity contribution in [3.63, 3.8) is 0 Å². The van der Waals surface area contributed by atoms with Crippen LogP contribution in [0.3, 0.4) is 0 Å². The molecule has 0 saturated heterocycles. The van der Waals surface area contributed by atoms with E-state index in [1.807, 2.05) is 121 Å². The molecule has 0 N–H and O–H groups in total. The van der Waals surface area contributed by atoms with Crippen molar-refractivity contribution < 1.29 is 24.4 Å². The van der Waals surface area contributed by atoms with Crippen molar-refractivity contribution in [2.24, 2.45) is 0 Å². The Balaban J connectivity index is 0.00000484. The van der Waals surface area contributed by atoms with Gasteiger partial charge in [0.1, 0.15) is 10.2 Å². The largest absolute Gasteiger partial charge is 2.00 e. The van der Waals surface area contributed by atoms with Crippen LogP contribution >= 0.6 is 112 Å². The third kappa shape index (κ3) is 7.31. The first-order valence-corrected chi connectivity index (χ1v) is 22.9. The summed E-state index contributed by atoms with van der Waals surface area (Å²) >= 11 is 27.2. The molecule has 284 valence electrons. The Bertz CT molecular complexity index is 3100. The summed E-state index contributed by atoms with van der Waals surface area (Å²) in [6.45, 7) is 0. The summed E-state index contributed by atoms with van der Waals surface area (Å²) in [4.78, 5) is 34.3. The van der Waals surface area contributed by atoms with Crippen LogP contribution in [-0.4, -0.2) is 14.9 Å². The minimum atomic E-state index is -0.399. The van der Waals surface area contributed by atoms with Gasteiger partial charge in [-0.1, -0.05) is 185 Å². The summed E-state index contributed by atoms with van der Waals surface area (Å²) in [7, 11) is 0. The van der Waals surface area contributed by atoms with Gasteiger partial charge in [-0.2, -0.15) is 0 Å². The first-order valence-electron chi connectivity index (χ1n) is 17.3. The molecule has 0 atom stereocenters. The van der Waals surface area contributed by atoms with Crippen LogP contribution in [-0.2, 0) is 19.5 Å². The minimum Gasteiger partial charge on any atom is -0.655 e. The van der Waals surface area contributed by atoms with E-state index in [0.29, 0.717) is 83.8 Å². The van der Waals surface area contributed by atoms with Crippen LogP contribution in [0.25, 0.3) is 85.7 Å². The molecule has 2 aliphatic rings. The number of nitro groups is 1. The van der Waals surface area contributed by atoms with Crippen molar-refractivity contribution in [1.82, 2.24) is 19.9 Å². The smallest absolute Gasteiger partial charge is 0.655 e. The molecule has 15 heteroatoms. The standard InChI is InChI=1S/C44H20Br7N5O2.Zn/c45-29-30(46)37-26(22-15-7-2-8-16-22)39-33(49)34(50)41(54-39)28(24-19-11-4-12-20-24)43-44(56(57)58)35(51)42(55-43)27(23-17-9-3-10-18-23)40-32(48)31(47)38(53-40)25(36(29)52-37)21-13-5-1-6-14-21;/h1-20H;/q-2;+2. The fourth-order valence-corrected chi connectivity index (χ4v) is 10.6. The van der Waals surface area contributed by atoms with Crippen LogP contribution in [0.1, 0.15) is 22.8 Å².